The zero-order valence-corrected chi connectivity index (χ0v) is 20.1. The first-order valence-electron chi connectivity index (χ1n) is 11.1. The maximum absolute atomic E-state index is 13.0. The minimum Gasteiger partial charge on any atom is -0.496 e. The van der Waals surface area contributed by atoms with Gasteiger partial charge in [-0.1, -0.05) is 29.8 Å². The number of thiazole rings is 1. The zero-order chi connectivity index (χ0) is 24.2. The third-order valence-electron chi connectivity index (χ3n) is 5.44. The van der Waals surface area contributed by atoms with E-state index in [9.17, 15) is 4.79 Å². The van der Waals surface area contributed by atoms with Gasteiger partial charge in [0.2, 0.25) is 5.91 Å². The van der Waals surface area contributed by atoms with Crippen molar-refractivity contribution in [3.63, 3.8) is 0 Å². The summed E-state index contributed by atoms with van der Waals surface area (Å²) in [5.41, 5.74) is 5.17. The number of amides is 1. The van der Waals surface area contributed by atoms with Crippen LogP contribution in [-0.2, 0) is 11.2 Å². The first kappa shape index (κ1) is 22.5. The number of hydrogen-bond donors (Lipinski definition) is 1. The van der Waals surface area contributed by atoms with Gasteiger partial charge in [0.25, 0.3) is 0 Å². The lowest BCUT2D eigenvalue weighted by molar-refractivity contribution is -0.115. The van der Waals surface area contributed by atoms with Gasteiger partial charge in [-0.05, 0) is 43.3 Å². The third-order valence-corrected chi connectivity index (χ3v) is 6.38. The van der Waals surface area contributed by atoms with Gasteiger partial charge in [-0.25, -0.2) is 9.67 Å². The van der Waals surface area contributed by atoms with Gasteiger partial charge in [0.05, 0.1) is 30.6 Å². The Morgan fingerprint density at radius 1 is 1.09 bits per heavy atom. The van der Waals surface area contributed by atoms with Crippen molar-refractivity contribution < 1.29 is 9.53 Å². The third kappa shape index (κ3) is 4.97. The van der Waals surface area contributed by atoms with Gasteiger partial charge in [-0.2, -0.15) is 5.10 Å². The van der Waals surface area contributed by atoms with Crippen LogP contribution in [0.1, 0.15) is 11.3 Å². The van der Waals surface area contributed by atoms with Gasteiger partial charge < -0.3 is 10.1 Å². The number of carbonyl (C=O) groups excluding carboxylic acids is 1. The van der Waals surface area contributed by atoms with Crippen LogP contribution in [0, 0.1) is 6.92 Å². The highest BCUT2D eigenvalue weighted by atomic mass is 32.1. The molecule has 1 amide bonds. The summed E-state index contributed by atoms with van der Waals surface area (Å²) in [6.45, 7) is 2.03. The van der Waals surface area contributed by atoms with E-state index in [0.29, 0.717) is 23.0 Å². The molecular formula is C27H23N5O2S. The van der Waals surface area contributed by atoms with Gasteiger partial charge in [-0.15, -0.1) is 11.3 Å². The largest absolute Gasteiger partial charge is 0.496 e. The summed E-state index contributed by atoms with van der Waals surface area (Å²) in [6.07, 6.45) is 3.64. The maximum atomic E-state index is 13.0. The molecule has 0 unspecified atom stereocenters. The van der Waals surface area contributed by atoms with E-state index in [2.05, 4.69) is 15.3 Å². The van der Waals surface area contributed by atoms with Gasteiger partial charge in [0.1, 0.15) is 16.6 Å². The lowest BCUT2D eigenvalue weighted by Crippen LogP contribution is -2.17. The number of nitrogens with zero attached hydrogens (tertiary/aromatic N) is 4. The number of nitrogens with one attached hydrogen (secondary N) is 1. The summed E-state index contributed by atoms with van der Waals surface area (Å²) in [6, 6.07) is 21.3. The lowest BCUT2D eigenvalue weighted by Gasteiger charge is -2.09. The Balaban J connectivity index is 1.43. The molecular weight excluding hydrogens is 458 g/mol. The Kier molecular flexibility index (Phi) is 6.36. The van der Waals surface area contributed by atoms with E-state index in [1.165, 1.54) is 11.3 Å². The maximum Gasteiger partial charge on any atom is 0.231 e. The average molecular weight is 482 g/mol. The molecule has 0 atom stereocenters. The minimum atomic E-state index is -0.173. The number of benzene rings is 2. The quantitative estimate of drug-likeness (QED) is 0.329. The van der Waals surface area contributed by atoms with Crippen LogP contribution in [-0.4, -0.2) is 32.8 Å². The number of aromatic nitrogens is 4. The van der Waals surface area contributed by atoms with Gasteiger partial charge in [-0.3, -0.25) is 9.78 Å². The number of para-hydroxylation sites is 1. The number of methoxy groups -OCH3 is 1. The van der Waals surface area contributed by atoms with E-state index in [4.69, 9.17) is 9.84 Å². The fraction of sp³-hybridized carbons (Fsp3) is 0.111. The van der Waals surface area contributed by atoms with Crippen LogP contribution in [0.4, 0.5) is 5.82 Å². The molecule has 1 N–H and O–H groups in total. The van der Waals surface area contributed by atoms with Crippen LogP contribution >= 0.6 is 11.3 Å². The summed E-state index contributed by atoms with van der Waals surface area (Å²) in [7, 11) is 1.63. The fourth-order valence-electron chi connectivity index (χ4n) is 3.70. The number of hydrogen-bond acceptors (Lipinski definition) is 6. The van der Waals surface area contributed by atoms with Gasteiger partial charge >= 0.3 is 0 Å². The summed E-state index contributed by atoms with van der Waals surface area (Å²) in [4.78, 5) is 21.8. The number of rotatable bonds is 7. The van der Waals surface area contributed by atoms with E-state index in [1.807, 2.05) is 79.0 Å². The zero-order valence-electron chi connectivity index (χ0n) is 19.3. The highest BCUT2D eigenvalue weighted by Gasteiger charge is 2.17. The van der Waals surface area contributed by atoms with Crippen molar-refractivity contribution in [3.8, 4) is 33.3 Å². The minimum absolute atomic E-state index is 0.153. The fourth-order valence-corrected chi connectivity index (χ4v) is 4.51. The van der Waals surface area contributed by atoms with E-state index in [0.717, 1.165) is 27.4 Å². The predicted octanol–water partition coefficient (Wildman–Crippen LogP) is 5.56. The molecule has 2 aromatic carbocycles. The molecule has 8 heteroatoms. The summed E-state index contributed by atoms with van der Waals surface area (Å²) >= 11 is 1.50. The molecule has 0 saturated carbocycles. The van der Waals surface area contributed by atoms with Crippen LogP contribution in [0.25, 0.3) is 27.5 Å². The average Bonchev–Trinajstić information content (AvgIpc) is 3.52. The number of anilines is 1. The van der Waals surface area contributed by atoms with Crippen LogP contribution in [0.15, 0.2) is 84.5 Å². The molecule has 0 radical (unpaired) electrons. The lowest BCUT2D eigenvalue weighted by atomic mass is 10.1. The molecule has 0 saturated heterocycles. The Bertz CT molecular complexity index is 1460. The molecule has 174 valence electrons. The molecule has 0 aliphatic rings. The normalized spacial score (nSPS) is 10.8. The van der Waals surface area contributed by atoms with Crippen molar-refractivity contribution in [2.24, 2.45) is 0 Å². The van der Waals surface area contributed by atoms with Crippen LogP contribution in [0.5, 0.6) is 5.75 Å². The van der Waals surface area contributed by atoms with Crippen molar-refractivity contribution in [1.29, 1.82) is 0 Å². The number of carbonyl (C=O) groups is 1. The monoisotopic (exact) mass is 481 g/mol. The molecule has 5 aromatic rings. The van der Waals surface area contributed by atoms with E-state index in [1.54, 1.807) is 24.2 Å². The first-order chi connectivity index (χ1) is 17.1. The van der Waals surface area contributed by atoms with E-state index < -0.39 is 0 Å². The Hall–Kier alpha value is -4.30. The van der Waals surface area contributed by atoms with Crippen LogP contribution in [0.2, 0.25) is 0 Å². The number of aryl methyl sites for hydroxylation is 1. The number of pyridine rings is 1. The molecule has 0 fully saturated rings. The molecule has 0 bridgehead atoms. The second-order valence-corrected chi connectivity index (χ2v) is 8.83. The summed E-state index contributed by atoms with van der Waals surface area (Å²) < 4.78 is 7.26. The van der Waals surface area contributed by atoms with Crippen molar-refractivity contribution in [2.75, 3.05) is 12.4 Å². The van der Waals surface area contributed by atoms with Crippen molar-refractivity contribution >= 4 is 23.1 Å². The molecule has 5 rings (SSSR count). The van der Waals surface area contributed by atoms with Crippen LogP contribution in [0.3, 0.4) is 0 Å². The van der Waals surface area contributed by atoms with Gasteiger partial charge in [0.15, 0.2) is 0 Å². The second-order valence-electron chi connectivity index (χ2n) is 7.97. The van der Waals surface area contributed by atoms with Crippen molar-refractivity contribution in [3.05, 3.63) is 95.8 Å². The van der Waals surface area contributed by atoms with Crippen LogP contribution < -0.4 is 10.1 Å². The van der Waals surface area contributed by atoms with E-state index in [-0.39, 0.29) is 12.3 Å². The molecule has 0 aliphatic heterocycles. The SMILES string of the molecule is COc1ccccc1-c1cc(NC(=O)Cc2csc(-c3cccnc3)n2)n(-c2ccc(C)cc2)n1. The first-order valence-corrected chi connectivity index (χ1v) is 11.9. The second kappa shape index (κ2) is 9.90. The Labute approximate surface area is 207 Å². The Morgan fingerprint density at radius 2 is 1.91 bits per heavy atom. The van der Waals surface area contributed by atoms with Crippen molar-refractivity contribution in [1.82, 2.24) is 19.7 Å². The van der Waals surface area contributed by atoms with Crippen molar-refractivity contribution in [2.45, 2.75) is 13.3 Å². The van der Waals surface area contributed by atoms with Gasteiger partial charge in [0, 0.05) is 35.0 Å². The molecule has 35 heavy (non-hydrogen) atoms. The predicted molar refractivity (Wildman–Crippen MR) is 138 cm³/mol. The number of ether oxygens (including phenoxy) is 1. The highest BCUT2D eigenvalue weighted by Crippen LogP contribution is 2.32. The standard InChI is InChI=1S/C27H23N5O2S/c1-18-9-11-21(12-10-18)32-25(15-23(31-32)22-7-3-4-8-24(22)34-2)30-26(33)14-20-17-35-27(29-20)19-6-5-13-28-16-19/h3-13,15-17H,14H2,1-2H3,(H,30,33). The summed E-state index contributed by atoms with van der Waals surface area (Å²) in [5.74, 6) is 1.11. The highest BCUT2D eigenvalue weighted by molar-refractivity contribution is 7.13. The molecule has 7 nitrogen and oxygen atoms in total. The molecule has 3 aromatic heterocycles. The smallest absolute Gasteiger partial charge is 0.231 e. The summed E-state index contributed by atoms with van der Waals surface area (Å²) in [5, 5.41) is 10.6. The Morgan fingerprint density at radius 3 is 2.69 bits per heavy atom. The molecule has 0 aliphatic carbocycles. The van der Waals surface area contributed by atoms with E-state index >= 15 is 0 Å². The topological polar surface area (TPSA) is 81.9 Å². The molecule has 3 heterocycles. The molecule has 0 spiro atoms.